The van der Waals surface area contributed by atoms with Crippen LogP contribution in [0.15, 0.2) is 10.9 Å². The number of primary amides is 1. The van der Waals surface area contributed by atoms with Gasteiger partial charge in [0.05, 0.1) is 5.56 Å². The van der Waals surface area contributed by atoms with Gasteiger partial charge in [-0.1, -0.05) is 0 Å². The number of halogens is 2. The van der Waals surface area contributed by atoms with E-state index < -0.39 is 23.3 Å². The van der Waals surface area contributed by atoms with E-state index in [2.05, 4.69) is 4.98 Å². The summed E-state index contributed by atoms with van der Waals surface area (Å²) in [4.78, 5) is 24.1. The zero-order valence-corrected chi connectivity index (χ0v) is 7.30. The van der Waals surface area contributed by atoms with Crippen molar-refractivity contribution in [3.05, 3.63) is 33.2 Å². The van der Waals surface area contributed by atoms with Crippen molar-refractivity contribution in [1.29, 1.82) is 0 Å². The number of aromatic nitrogens is 1. The number of nitrogens with two attached hydrogens (primary N) is 1. The number of nitrogens with one attached hydrogen (secondary N) is 1. The standard InChI is InChI=1S/C8H8F2N2O2/c1-3-6(7(9)10)5(13)2-4(12-3)8(11)14/h2,7H,1H3,(H2,11,14)(H,12,13). The maximum Gasteiger partial charge on any atom is 0.269 e. The minimum Gasteiger partial charge on any atom is -0.364 e. The minimum atomic E-state index is -2.86. The number of alkyl halides is 2. The van der Waals surface area contributed by atoms with Gasteiger partial charge in [-0.15, -0.1) is 0 Å². The Morgan fingerprint density at radius 1 is 1.57 bits per heavy atom. The molecular weight excluding hydrogens is 194 g/mol. The summed E-state index contributed by atoms with van der Waals surface area (Å²) in [6.45, 7) is 1.29. The van der Waals surface area contributed by atoms with E-state index in [-0.39, 0.29) is 11.4 Å². The lowest BCUT2D eigenvalue weighted by Crippen LogP contribution is -2.20. The first-order valence-electron chi connectivity index (χ1n) is 3.75. The van der Waals surface area contributed by atoms with Crippen molar-refractivity contribution in [2.75, 3.05) is 0 Å². The lowest BCUT2D eigenvalue weighted by Gasteiger charge is -2.05. The maximum absolute atomic E-state index is 12.3. The molecule has 0 aliphatic heterocycles. The SMILES string of the molecule is Cc1[nH]c(C(N)=O)cc(=O)c1C(F)F. The Labute approximate surface area is 77.7 Å². The molecule has 1 amide bonds. The summed E-state index contributed by atoms with van der Waals surface area (Å²) in [5.41, 5.74) is 3.16. The van der Waals surface area contributed by atoms with Crippen LogP contribution in [0.5, 0.6) is 0 Å². The molecule has 0 bridgehead atoms. The summed E-state index contributed by atoms with van der Waals surface area (Å²) < 4.78 is 24.6. The van der Waals surface area contributed by atoms with Crippen molar-refractivity contribution in [3.8, 4) is 0 Å². The molecule has 1 rings (SSSR count). The molecule has 76 valence electrons. The molecule has 0 aliphatic rings. The minimum absolute atomic E-state index is 0.0405. The van der Waals surface area contributed by atoms with Crippen LogP contribution in [0.25, 0.3) is 0 Å². The zero-order valence-electron chi connectivity index (χ0n) is 7.30. The summed E-state index contributed by atoms with van der Waals surface area (Å²) in [5, 5.41) is 0. The highest BCUT2D eigenvalue weighted by Crippen LogP contribution is 2.17. The van der Waals surface area contributed by atoms with Gasteiger partial charge >= 0.3 is 0 Å². The van der Waals surface area contributed by atoms with Crippen LogP contribution in [-0.2, 0) is 0 Å². The second-order valence-corrected chi connectivity index (χ2v) is 2.75. The first kappa shape index (κ1) is 10.4. The Hall–Kier alpha value is -1.72. The van der Waals surface area contributed by atoms with E-state index in [0.29, 0.717) is 0 Å². The number of aryl methyl sites for hydroxylation is 1. The number of hydrogen-bond donors (Lipinski definition) is 2. The lowest BCUT2D eigenvalue weighted by molar-refractivity contribution is 0.0994. The molecule has 14 heavy (non-hydrogen) atoms. The maximum atomic E-state index is 12.3. The fourth-order valence-corrected chi connectivity index (χ4v) is 1.10. The Balaban J connectivity index is 3.40. The third-order valence-electron chi connectivity index (χ3n) is 1.75. The Morgan fingerprint density at radius 3 is 2.50 bits per heavy atom. The molecule has 6 heteroatoms. The number of carbonyl (C=O) groups excluding carboxylic acids is 1. The average Bonchev–Trinajstić information content (AvgIpc) is 2.01. The van der Waals surface area contributed by atoms with Gasteiger partial charge in [0, 0.05) is 11.8 Å². The van der Waals surface area contributed by atoms with E-state index >= 15 is 0 Å². The molecule has 0 unspecified atom stereocenters. The van der Waals surface area contributed by atoms with Crippen LogP contribution < -0.4 is 11.2 Å². The largest absolute Gasteiger partial charge is 0.364 e. The summed E-state index contributed by atoms with van der Waals surface area (Å²) in [6.07, 6.45) is -2.86. The van der Waals surface area contributed by atoms with Crippen LogP contribution in [0.4, 0.5) is 8.78 Å². The fraction of sp³-hybridized carbons (Fsp3) is 0.250. The van der Waals surface area contributed by atoms with E-state index in [4.69, 9.17) is 5.73 Å². The van der Waals surface area contributed by atoms with Crippen LogP contribution in [0.2, 0.25) is 0 Å². The number of hydrogen-bond acceptors (Lipinski definition) is 2. The summed E-state index contributed by atoms with van der Waals surface area (Å²) in [5.74, 6) is -0.856. The predicted octanol–water partition coefficient (Wildman–Crippen LogP) is 0.720. The monoisotopic (exact) mass is 202 g/mol. The molecule has 1 aromatic rings. The summed E-state index contributed by atoms with van der Waals surface area (Å²) in [6, 6.07) is 0.775. The third-order valence-corrected chi connectivity index (χ3v) is 1.75. The van der Waals surface area contributed by atoms with Gasteiger partial charge in [0.25, 0.3) is 12.3 Å². The molecule has 1 aromatic heterocycles. The molecule has 0 radical (unpaired) electrons. The predicted molar refractivity (Wildman–Crippen MR) is 45.3 cm³/mol. The highest BCUT2D eigenvalue weighted by Gasteiger charge is 2.17. The fourth-order valence-electron chi connectivity index (χ4n) is 1.10. The number of rotatable bonds is 2. The van der Waals surface area contributed by atoms with Crippen molar-refractivity contribution in [2.45, 2.75) is 13.3 Å². The van der Waals surface area contributed by atoms with Crippen molar-refractivity contribution < 1.29 is 13.6 Å². The molecule has 0 fully saturated rings. The second-order valence-electron chi connectivity index (χ2n) is 2.75. The molecule has 4 nitrogen and oxygen atoms in total. The van der Waals surface area contributed by atoms with Crippen LogP contribution in [0, 0.1) is 6.92 Å². The lowest BCUT2D eigenvalue weighted by atomic mass is 10.2. The van der Waals surface area contributed by atoms with Crippen molar-refractivity contribution in [1.82, 2.24) is 4.98 Å². The molecule has 0 aliphatic carbocycles. The average molecular weight is 202 g/mol. The normalized spacial score (nSPS) is 10.6. The number of carbonyl (C=O) groups is 1. The number of amides is 1. The van der Waals surface area contributed by atoms with Crippen LogP contribution >= 0.6 is 0 Å². The van der Waals surface area contributed by atoms with Crippen LogP contribution in [0.3, 0.4) is 0 Å². The molecule has 0 atom stereocenters. The topological polar surface area (TPSA) is 76.0 Å². The number of H-pyrrole nitrogens is 1. The molecular formula is C8H8F2N2O2. The van der Waals surface area contributed by atoms with Gasteiger partial charge in [0.1, 0.15) is 5.69 Å². The Bertz CT molecular complexity index is 426. The first-order chi connectivity index (χ1) is 6.43. The molecule has 0 saturated heterocycles. The quantitative estimate of drug-likeness (QED) is 0.741. The van der Waals surface area contributed by atoms with E-state index in [0.717, 1.165) is 6.07 Å². The van der Waals surface area contributed by atoms with E-state index in [1.54, 1.807) is 0 Å². The second kappa shape index (κ2) is 3.57. The Kier molecular flexibility index (Phi) is 2.64. The van der Waals surface area contributed by atoms with Crippen molar-refractivity contribution >= 4 is 5.91 Å². The smallest absolute Gasteiger partial charge is 0.269 e. The van der Waals surface area contributed by atoms with Gasteiger partial charge in [-0.3, -0.25) is 9.59 Å². The van der Waals surface area contributed by atoms with Gasteiger partial charge in [-0.2, -0.15) is 0 Å². The summed E-state index contributed by atoms with van der Waals surface area (Å²) >= 11 is 0. The zero-order chi connectivity index (χ0) is 10.9. The summed E-state index contributed by atoms with van der Waals surface area (Å²) in [7, 11) is 0. The Morgan fingerprint density at radius 2 is 2.14 bits per heavy atom. The highest BCUT2D eigenvalue weighted by molar-refractivity contribution is 5.90. The molecule has 0 saturated carbocycles. The van der Waals surface area contributed by atoms with Crippen molar-refractivity contribution in [3.63, 3.8) is 0 Å². The molecule has 1 heterocycles. The molecule has 3 N–H and O–H groups in total. The first-order valence-corrected chi connectivity index (χ1v) is 3.75. The molecule has 0 aromatic carbocycles. The van der Waals surface area contributed by atoms with Gasteiger partial charge in [-0.05, 0) is 6.92 Å². The van der Waals surface area contributed by atoms with Gasteiger partial charge in [0.15, 0.2) is 5.43 Å². The van der Waals surface area contributed by atoms with Gasteiger partial charge in [0.2, 0.25) is 0 Å². The number of aromatic amines is 1. The van der Waals surface area contributed by atoms with E-state index in [1.807, 2.05) is 0 Å². The third kappa shape index (κ3) is 1.78. The van der Waals surface area contributed by atoms with Gasteiger partial charge < -0.3 is 10.7 Å². The van der Waals surface area contributed by atoms with Crippen LogP contribution in [0.1, 0.15) is 28.2 Å². The van der Waals surface area contributed by atoms with E-state index in [9.17, 15) is 18.4 Å². The molecule has 0 spiro atoms. The van der Waals surface area contributed by atoms with Gasteiger partial charge in [-0.25, -0.2) is 8.78 Å². The van der Waals surface area contributed by atoms with Crippen molar-refractivity contribution in [2.24, 2.45) is 5.73 Å². The highest BCUT2D eigenvalue weighted by atomic mass is 19.3. The number of pyridine rings is 1. The van der Waals surface area contributed by atoms with Crippen LogP contribution in [-0.4, -0.2) is 10.9 Å². The van der Waals surface area contributed by atoms with E-state index in [1.165, 1.54) is 6.92 Å².